The Balaban J connectivity index is 1.45. The number of ether oxygens (including phenoxy) is 2. The predicted octanol–water partition coefficient (Wildman–Crippen LogP) is 4.66. The highest BCUT2D eigenvalue weighted by Crippen LogP contribution is 2.28. The Labute approximate surface area is 182 Å². The highest BCUT2D eigenvalue weighted by Gasteiger charge is 2.16. The van der Waals surface area contributed by atoms with Crippen molar-refractivity contribution in [2.24, 2.45) is 5.92 Å². The molecule has 31 heavy (non-hydrogen) atoms. The van der Waals surface area contributed by atoms with Gasteiger partial charge in [0.05, 0.1) is 6.61 Å². The summed E-state index contributed by atoms with van der Waals surface area (Å²) in [5.74, 6) is 0.465. The molecule has 0 radical (unpaired) electrons. The summed E-state index contributed by atoms with van der Waals surface area (Å²) in [6.45, 7) is 4.61. The summed E-state index contributed by atoms with van der Waals surface area (Å²) in [6.07, 6.45) is 6.76. The zero-order chi connectivity index (χ0) is 22.2. The van der Waals surface area contributed by atoms with Crippen LogP contribution >= 0.6 is 0 Å². The first kappa shape index (κ1) is 22.8. The van der Waals surface area contributed by atoms with E-state index in [9.17, 15) is 14.4 Å². The summed E-state index contributed by atoms with van der Waals surface area (Å²) in [5, 5.41) is 3.51. The van der Waals surface area contributed by atoms with Crippen molar-refractivity contribution in [3.05, 3.63) is 39.7 Å². The lowest BCUT2D eigenvalue weighted by molar-refractivity contribution is -0.134. The van der Waals surface area contributed by atoms with E-state index >= 15 is 0 Å². The van der Waals surface area contributed by atoms with Crippen LogP contribution in [-0.4, -0.2) is 25.2 Å². The summed E-state index contributed by atoms with van der Waals surface area (Å²) < 4.78 is 16.0. The first-order valence-electron chi connectivity index (χ1n) is 11.1. The molecule has 1 aliphatic rings. The van der Waals surface area contributed by atoms with Crippen molar-refractivity contribution < 1.29 is 23.5 Å². The lowest BCUT2D eigenvalue weighted by Gasteiger charge is -2.21. The van der Waals surface area contributed by atoms with Crippen molar-refractivity contribution in [2.75, 3.05) is 13.2 Å². The Bertz CT molecular complexity index is 974. The van der Waals surface area contributed by atoms with Crippen molar-refractivity contribution >= 4 is 23.0 Å². The SMILES string of the molecule is CCc1cc2c(C)cc(=O)oc2cc1OC(=O)CCCNC(=O)OCC1CCCCC1. The second-order valence-corrected chi connectivity index (χ2v) is 8.16. The molecule has 0 saturated heterocycles. The van der Waals surface area contributed by atoms with Gasteiger partial charge in [0.15, 0.2) is 0 Å². The lowest BCUT2D eigenvalue weighted by Crippen LogP contribution is -2.28. The molecule has 2 aromatic rings. The van der Waals surface area contributed by atoms with Gasteiger partial charge in [-0.2, -0.15) is 0 Å². The Kier molecular flexibility index (Phi) is 8.09. The van der Waals surface area contributed by atoms with Crippen LogP contribution in [-0.2, 0) is 16.0 Å². The summed E-state index contributed by atoms with van der Waals surface area (Å²) in [5.41, 5.74) is 1.64. The summed E-state index contributed by atoms with van der Waals surface area (Å²) >= 11 is 0. The van der Waals surface area contributed by atoms with E-state index in [1.54, 1.807) is 6.07 Å². The van der Waals surface area contributed by atoms with Gasteiger partial charge in [-0.3, -0.25) is 4.79 Å². The summed E-state index contributed by atoms with van der Waals surface area (Å²) in [4.78, 5) is 35.7. The average molecular weight is 430 g/mol. The monoisotopic (exact) mass is 429 g/mol. The third-order valence-electron chi connectivity index (χ3n) is 5.74. The molecule has 1 aliphatic carbocycles. The van der Waals surface area contributed by atoms with Crippen molar-refractivity contribution in [3.8, 4) is 5.75 Å². The highest BCUT2D eigenvalue weighted by atomic mass is 16.5. The molecule has 1 N–H and O–H groups in total. The van der Waals surface area contributed by atoms with Crippen molar-refractivity contribution in [1.29, 1.82) is 0 Å². The number of esters is 1. The van der Waals surface area contributed by atoms with Crippen molar-refractivity contribution in [3.63, 3.8) is 0 Å². The molecule has 7 nitrogen and oxygen atoms in total. The fourth-order valence-corrected chi connectivity index (χ4v) is 3.96. The van der Waals surface area contributed by atoms with Gasteiger partial charge in [0.2, 0.25) is 0 Å². The molecule has 168 valence electrons. The quantitative estimate of drug-likeness (QED) is 0.284. The Morgan fingerprint density at radius 3 is 2.68 bits per heavy atom. The maximum absolute atomic E-state index is 12.3. The number of benzene rings is 1. The normalized spacial score (nSPS) is 14.4. The standard InChI is InChI=1S/C24H31NO6/c1-3-18-13-19-16(2)12-23(27)31-21(19)14-20(18)30-22(26)10-7-11-25-24(28)29-15-17-8-5-4-6-9-17/h12-14,17H,3-11,15H2,1-2H3,(H,25,28). The van der Waals surface area contributed by atoms with Crippen LogP contribution in [0.5, 0.6) is 5.75 Å². The van der Waals surface area contributed by atoms with Gasteiger partial charge in [-0.25, -0.2) is 9.59 Å². The second-order valence-electron chi connectivity index (χ2n) is 8.16. The molecular weight excluding hydrogens is 398 g/mol. The van der Waals surface area contributed by atoms with E-state index in [0.717, 1.165) is 29.4 Å². The molecule has 1 aromatic heterocycles. The van der Waals surface area contributed by atoms with Crippen LogP contribution in [0.15, 0.2) is 27.4 Å². The number of nitrogens with one attached hydrogen (secondary N) is 1. The highest BCUT2D eigenvalue weighted by molar-refractivity contribution is 5.84. The van der Waals surface area contributed by atoms with Crippen molar-refractivity contribution in [2.45, 2.75) is 65.2 Å². The number of fused-ring (bicyclic) bond motifs is 1. The fraction of sp³-hybridized carbons (Fsp3) is 0.542. The van der Waals surface area contributed by atoms with Crippen LogP contribution in [0.3, 0.4) is 0 Å². The third-order valence-corrected chi connectivity index (χ3v) is 5.74. The number of rotatable bonds is 8. The first-order valence-corrected chi connectivity index (χ1v) is 11.1. The van der Waals surface area contributed by atoms with E-state index in [2.05, 4.69) is 5.32 Å². The summed E-state index contributed by atoms with van der Waals surface area (Å²) in [6, 6.07) is 4.93. The average Bonchev–Trinajstić information content (AvgIpc) is 2.75. The van der Waals surface area contributed by atoms with Crippen LogP contribution in [0.25, 0.3) is 11.0 Å². The second kappa shape index (κ2) is 11.0. The van der Waals surface area contributed by atoms with Gasteiger partial charge < -0.3 is 19.2 Å². The molecular formula is C24H31NO6. The molecule has 3 rings (SSSR count). The van der Waals surface area contributed by atoms with Gasteiger partial charge in [-0.05, 0) is 55.7 Å². The van der Waals surface area contributed by atoms with Crippen LogP contribution < -0.4 is 15.7 Å². The Morgan fingerprint density at radius 1 is 1.16 bits per heavy atom. The van der Waals surface area contributed by atoms with E-state index < -0.39 is 17.7 Å². The molecule has 1 heterocycles. The number of amides is 1. The Hall–Kier alpha value is -2.83. The maximum atomic E-state index is 12.3. The molecule has 0 atom stereocenters. The minimum atomic E-state index is -0.438. The minimum absolute atomic E-state index is 0.155. The predicted molar refractivity (Wildman–Crippen MR) is 117 cm³/mol. The molecule has 1 amide bonds. The topological polar surface area (TPSA) is 94.8 Å². The van der Waals surface area contributed by atoms with E-state index in [1.807, 2.05) is 19.9 Å². The van der Waals surface area contributed by atoms with Crippen LogP contribution in [0.1, 0.15) is 63.0 Å². The zero-order valence-corrected chi connectivity index (χ0v) is 18.3. The minimum Gasteiger partial charge on any atom is -0.449 e. The van der Waals surface area contributed by atoms with Gasteiger partial charge in [0.25, 0.3) is 0 Å². The zero-order valence-electron chi connectivity index (χ0n) is 18.3. The van der Waals surface area contributed by atoms with E-state index in [4.69, 9.17) is 13.9 Å². The summed E-state index contributed by atoms with van der Waals surface area (Å²) in [7, 11) is 0. The van der Waals surface area contributed by atoms with Gasteiger partial charge in [-0.1, -0.05) is 26.2 Å². The van der Waals surface area contributed by atoms with E-state index in [-0.39, 0.29) is 6.42 Å². The van der Waals surface area contributed by atoms with E-state index in [0.29, 0.717) is 43.2 Å². The number of hydrogen-bond donors (Lipinski definition) is 1. The Morgan fingerprint density at radius 2 is 1.94 bits per heavy atom. The number of alkyl carbamates (subject to hydrolysis) is 1. The van der Waals surface area contributed by atoms with Gasteiger partial charge in [0.1, 0.15) is 11.3 Å². The number of aryl methyl sites for hydroxylation is 2. The fourth-order valence-electron chi connectivity index (χ4n) is 3.96. The smallest absolute Gasteiger partial charge is 0.407 e. The van der Waals surface area contributed by atoms with Crippen LogP contribution in [0, 0.1) is 12.8 Å². The van der Waals surface area contributed by atoms with Gasteiger partial charge in [-0.15, -0.1) is 0 Å². The number of carbonyl (C=O) groups excluding carboxylic acids is 2. The van der Waals surface area contributed by atoms with Gasteiger partial charge in [0, 0.05) is 30.5 Å². The molecule has 0 aliphatic heterocycles. The molecule has 1 fully saturated rings. The molecule has 0 unspecified atom stereocenters. The third kappa shape index (κ3) is 6.57. The van der Waals surface area contributed by atoms with Crippen LogP contribution in [0.4, 0.5) is 4.79 Å². The number of hydrogen-bond acceptors (Lipinski definition) is 6. The largest absolute Gasteiger partial charge is 0.449 e. The van der Waals surface area contributed by atoms with Crippen molar-refractivity contribution in [1.82, 2.24) is 5.32 Å². The number of carbonyl (C=O) groups is 2. The molecule has 7 heteroatoms. The van der Waals surface area contributed by atoms with Gasteiger partial charge >= 0.3 is 17.7 Å². The van der Waals surface area contributed by atoms with E-state index in [1.165, 1.54) is 25.3 Å². The molecule has 1 aromatic carbocycles. The lowest BCUT2D eigenvalue weighted by atomic mass is 9.90. The first-order chi connectivity index (χ1) is 15.0. The molecule has 0 bridgehead atoms. The molecule has 1 saturated carbocycles. The maximum Gasteiger partial charge on any atom is 0.407 e. The van der Waals surface area contributed by atoms with Crippen LogP contribution in [0.2, 0.25) is 0 Å². The molecule has 0 spiro atoms.